The summed E-state index contributed by atoms with van der Waals surface area (Å²) in [7, 11) is 1.87. The number of hydrogen-bond donors (Lipinski definition) is 3. The van der Waals surface area contributed by atoms with Crippen molar-refractivity contribution in [3.8, 4) is 5.75 Å². The van der Waals surface area contributed by atoms with Crippen molar-refractivity contribution in [3.63, 3.8) is 0 Å². The highest BCUT2D eigenvalue weighted by Crippen LogP contribution is 2.16. The van der Waals surface area contributed by atoms with E-state index in [0.717, 1.165) is 17.7 Å². The molecule has 4 heteroatoms. The Balaban J connectivity index is 1.83. The lowest BCUT2D eigenvalue weighted by molar-refractivity contribution is 0.170. The van der Waals surface area contributed by atoms with E-state index in [4.69, 9.17) is 4.74 Å². The summed E-state index contributed by atoms with van der Waals surface area (Å²) in [6.45, 7) is 4.64. The van der Waals surface area contributed by atoms with Crippen molar-refractivity contribution in [1.82, 2.24) is 10.6 Å². The van der Waals surface area contributed by atoms with Gasteiger partial charge in [-0.1, -0.05) is 42.5 Å². The van der Waals surface area contributed by atoms with Gasteiger partial charge in [-0.3, -0.25) is 5.32 Å². The summed E-state index contributed by atoms with van der Waals surface area (Å²) in [4.78, 5) is 0. The maximum absolute atomic E-state index is 10.2. The zero-order chi connectivity index (χ0) is 17.4. The number of ether oxygens (including phenoxy) is 1. The lowest BCUT2D eigenvalue weighted by Gasteiger charge is -2.18. The minimum atomic E-state index is -0.486. The molecule has 0 amide bonds. The van der Waals surface area contributed by atoms with Crippen LogP contribution in [0, 0.1) is 0 Å². The van der Waals surface area contributed by atoms with E-state index in [0.29, 0.717) is 6.54 Å². The van der Waals surface area contributed by atoms with E-state index >= 15 is 0 Å². The van der Waals surface area contributed by atoms with Gasteiger partial charge in [0.05, 0.1) is 6.10 Å². The van der Waals surface area contributed by atoms with Crippen LogP contribution in [0.2, 0.25) is 0 Å². The highest BCUT2D eigenvalue weighted by atomic mass is 16.5. The van der Waals surface area contributed by atoms with E-state index < -0.39 is 6.10 Å². The first-order chi connectivity index (χ1) is 11.6. The van der Waals surface area contributed by atoms with Gasteiger partial charge in [-0.05, 0) is 50.6 Å². The molecule has 2 rings (SSSR count). The summed E-state index contributed by atoms with van der Waals surface area (Å²) in [5.41, 5.74) is 2.15. The molecule has 24 heavy (non-hydrogen) atoms. The first-order valence-electron chi connectivity index (χ1n) is 8.47. The number of aliphatic hydroxyl groups excluding tert-OH is 1. The van der Waals surface area contributed by atoms with Gasteiger partial charge in [0, 0.05) is 12.6 Å². The molecule has 0 fully saturated rings. The van der Waals surface area contributed by atoms with Crippen LogP contribution in [0.1, 0.15) is 31.1 Å². The fourth-order valence-electron chi connectivity index (χ4n) is 2.54. The SMILES string of the molecule is CNC(C)Oc1cccc(CC(C)NC[C@H](O)c2ccccc2)c1. The van der Waals surface area contributed by atoms with Gasteiger partial charge in [-0.2, -0.15) is 0 Å². The summed E-state index contributed by atoms with van der Waals surface area (Å²) in [6.07, 6.45) is 0.378. The van der Waals surface area contributed by atoms with Crippen molar-refractivity contribution in [2.75, 3.05) is 13.6 Å². The molecule has 2 aromatic rings. The van der Waals surface area contributed by atoms with Crippen LogP contribution in [0.3, 0.4) is 0 Å². The average Bonchev–Trinajstić information content (AvgIpc) is 2.60. The Morgan fingerprint density at radius 3 is 2.50 bits per heavy atom. The molecular weight excluding hydrogens is 300 g/mol. The van der Waals surface area contributed by atoms with Crippen LogP contribution in [-0.2, 0) is 6.42 Å². The van der Waals surface area contributed by atoms with E-state index in [2.05, 4.69) is 29.7 Å². The lowest BCUT2D eigenvalue weighted by atomic mass is 10.1. The summed E-state index contributed by atoms with van der Waals surface area (Å²) in [6, 6.07) is 18.1. The standard InChI is InChI=1S/C20H28N2O2/c1-15(22-14-20(23)18-9-5-4-6-10-18)12-17-8-7-11-19(13-17)24-16(2)21-3/h4-11,13,15-16,20-23H,12,14H2,1-3H3/t15?,16?,20-/m0/s1. The largest absolute Gasteiger partial charge is 0.476 e. The van der Waals surface area contributed by atoms with Crippen LogP contribution in [-0.4, -0.2) is 31.0 Å². The number of benzene rings is 2. The van der Waals surface area contributed by atoms with Crippen molar-refractivity contribution in [2.45, 2.75) is 38.6 Å². The van der Waals surface area contributed by atoms with Crippen LogP contribution in [0.15, 0.2) is 54.6 Å². The van der Waals surface area contributed by atoms with Gasteiger partial charge < -0.3 is 15.2 Å². The van der Waals surface area contributed by atoms with Crippen molar-refractivity contribution in [2.24, 2.45) is 0 Å². The molecule has 0 radical (unpaired) electrons. The second kappa shape index (κ2) is 9.42. The zero-order valence-electron chi connectivity index (χ0n) is 14.7. The molecule has 0 saturated heterocycles. The average molecular weight is 328 g/mol. The molecule has 0 aliphatic heterocycles. The van der Waals surface area contributed by atoms with Crippen molar-refractivity contribution < 1.29 is 9.84 Å². The predicted octanol–water partition coefficient (Wildman–Crippen LogP) is 2.89. The van der Waals surface area contributed by atoms with Crippen LogP contribution in [0.4, 0.5) is 0 Å². The van der Waals surface area contributed by atoms with Gasteiger partial charge in [0.25, 0.3) is 0 Å². The number of rotatable bonds is 9. The minimum absolute atomic E-state index is 0.0168. The van der Waals surface area contributed by atoms with E-state index in [-0.39, 0.29) is 12.3 Å². The van der Waals surface area contributed by atoms with Crippen LogP contribution < -0.4 is 15.4 Å². The number of hydrogen-bond acceptors (Lipinski definition) is 4. The van der Waals surface area contributed by atoms with E-state index in [9.17, 15) is 5.11 Å². The summed E-state index contributed by atoms with van der Waals surface area (Å²) < 4.78 is 5.77. The number of nitrogens with one attached hydrogen (secondary N) is 2. The van der Waals surface area contributed by atoms with Gasteiger partial charge in [-0.25, -0.2) is 0 Å². The molecule has 4 nitrogen and oxygen atoms in total. The fraction of sp³-hybridized carbons (Fsp3) is 0.400. The predicted molar refractivity (Wildman–Crippen MR) is 98.2 cm³/mol. The van der Waals surface area contributed by atoms with Crippen LogP contribution in [0.25, 0.3) is 0 Å². The summed E-state index contributed by atoms with van der Waals surface area (Å²) >= 11 is 0. The van der Waals surface area contributed by atoms with Gasteiger partial charge in [0.2, 0.25) is 0 Å². The molecule has 0 aromatic heterocycles. The second-order valence-corrected chi connectivity index (χ2v) is 6.14. The molecule has 2 unspecified atom stereocenters. The highest BCUT2D eigenvalue weighted by molar-refractivity contribution is 5.29. The molecule has 0 saturated carbocycles. The Morgan fingerprint density at radius 2 is 1.79 bits per heavy atom. The lowest BCUT2D eigenvalue weighted by Crippen LogP contribution is -2.32. The number of aliphatic hydroxyl groups is 1. The third kappa shape index (κ3) is 5.96. The first kappa shape index (κ1) is 18.5. The van der Waals surface area contributed by atoms with Gasteiger partial charge in [-0.15, -0.1) is 0 Å². The van der Waals surface area contributed by atoms with Crippen LogP contribution >= 0.6 is 0 Å². The molecule has 0 aliphatic carbocycles. The Kier molecular flexibility index (Phi) is 7.25. The molecule has 0 aliphatic rings. The van der Waals surface area contributed by atoms with E-state index in [1.54, 1.807) is 0 Å². The highest BCUT2D eigenvalue weighted by Gasteiger charge is 2.10. The monoisotopic (exact) mass is 328 g/mol. The third-order valence-corrected chi connectivity index (χ3v) is 4.00. The molecule has 2 aromatic carbocycles. The molecule has 3 N–H and O–H groups in total. The Bertz CT molecular complexity index is 604. The first-order valence-corrected chi connectivity index (χ1v) is 8.47. The Hall–Kier alpha value is -1.88. The fourth-order valence-corrected chi connectivity index (χ4v) is 2.54. The smallest absolute Gasteiger partial charge is 0.147 e. The minimum Gasteiger partial charge on any atom is -0.476 e. The normalized spacial score (nSPS) is 14.8. The van der Waals surface area contributed by atoms with Gasteiger partial charge >= 0.3 is 0 Å². The maximum Gasteiger partial charge on any atom is 0.147 e. The third-order valence-electron chi connectivity index (χ3n) is 4.00. The molecule has 130 valence electrons. The maximum atomic E-state index is 10.2. The summed E-state index contributed by atoms with van der Waals surface area (Å²) in [5, 5.41) is 16.7. The molecule has 0 bridgehead atoms. The quantitative estimate of drug-likeness (QED) is 0.620. The molecule has 0 spiro atoms. The molecular formula is C20H28N2O2. The second-order valence-electron chi connectivity index (χ2n) is 6.14. The molecule has 3 atom stereocenters. The summed E-state index contributed by atoms with van der Waals surface area (Å²) in [5.74, 6) is 0.867. The Morgan fingerprint density at radius 1 is 1.04 bits per heavy atom. The van der Waals surface area contributed by atoms with Crippen molar-refractivity contribution in [3.05, 3.63) is 65.7 Å². The van der Waals surface area contributed by atoms with Gasteiger partial charge in [0.15, 0.2) is 0 Å². The topological polar surface area (TPSA) is 53.5 Å². The van der Waals surface area contributed by atoms with E-state index in [1.165, 1.54) is 5.56 Å². The van der Waals surface area contributed by atoms with Gasteiger partial charge in [0.1, 0.15) is 12.0 Å². The van der Waals surface area contributed by atoms with Crippen molar-refractivity contribution in [1.29, 1.82) is 0 Å². The van der Waals surface area contributed by atoms with Crippen molar-refractivity contribution >= 4 is 0 Å². The van der Waals surface area contributed by atoms with E-state index in [1.807, 2.05) is 56.4 Å². The van der Waals surface area contributed by atoms with Crippen LogP contribution in [0.5, 0.6) is 5.75 Å². The molecule has 0 heterocycles. The Labute approximate surface area is 144 Å². The zero-order valence-corrected chi connectivity index (χ0v) is 14.7.